The summed E-state index contributed by atoms with van der Waals surface area (Å²) < 4.78 is 0. The molecule has 0 saturated carbocycles. The summed E-state index contributed by atoms with van der Waals surface area (Å²) in [7, 11) is 0. The quantitative estimate of drug-likeness (QED) is 0.0569. The first-order valence-electron chi connectivity index (χ1n) is 34.0. The van der Waals surface area contributed by atoms with E-state index in [9.17, 15) is 46.0 Å². The van der Waals surface area contributed by atoms with Crippen LogP contribution in [0, 0.1) is 0 Å². The Labute approximate surface area is 581 Å². The van der Waals surface area contributed by atoms with Gasteiger partial charge in [-0.1, -0.05) is 199 Å². The first-order chi connectivity index (χ1) is 45.2. The molecule has 10 aromatic carbocycles. The van der Waals surface area contributed by atoms with Gasteiger partial charge >= 0.3 is 0 Å². The number of hydrogen-bond donors (Lipinski definition) is 9. The predicted molar refractivity (Wildman–Crippen MR) is 403 cm³/mol. The molecule has 10 aromatic rings. The highest BCUT2D eigenvalue weighted by Crippen LogP contribution is 2.54. The number of hydrogen-bond acceptors (Lipinski definition) is 9. The van der Waals surface area contributed by atoms with E-state index in [4.69, 9.17) is 0 Å². The largest absolute Gasteiger partial charge is 0.508 e. The third-order valence-electron chi connectivity index (χ3n) is 20.1. The van der Waals surface area contributed by atoms with E-state index in [-0.39, 0.29) is 51.7 Å². The lowest BCUT2D eigenvalue weighted by molar-refractivity contribution is 0.446. The molecule has 0 atom stereocenters. The van der Waals surface area contributed by atoms with Crippen molar-refractivity contribution in [1.29, 1.82) is 0 Å². The monoisotopic (exact) mass is 1310 g/mol. The number of phenols is 9. The minimum atomic E-state index is -1.20. The van der Waals surface area contributed by atoms with Crippen molar-refractivity contribution in [3.8, 4) is 119 Å². The van der Waals surface area contributed by atoms with Crippen LogP contribution in [0.15, 0.2) is 170 Å². The standard InChI is InChI=1S/C89H100O9/c1-82(2,3)67-38-50(22-32-73(67)90)61-44-58(45-62(79(61)96)51-23-33-74(91)68(39-51)83(4,5)6)88(19,20)56-28-30-57(31-29-56)89(21,59-46-63(52-24-34-75(92)69(40-52)84(7,8)9)80(97)64(47-59)53-25-35-76(93)70(41-53)85(10,11)12)60-48-65(54-26-36-77(94)71(42-54)86(13,14)15)81(98)66(49-60)55-27-37-78(95)72(43-55)87(16,17)18/h22-49,90-98H,1-21H3. The zero-order valence-corrected chi connectivity index (χ0v) is 61.2. The van der Waals surface area contributed by atoms with Crippen LogP contribution in [0.2, 0.25) is 0 Å². The highest BCUT2D eigenvalue weighted by Gasteiger charge is 2.38. The van der Waals surface area contributed by atoms with Gasteiger partial charge in [0.25, 0.3) is 0 Å². The molecule has 510 valence electrons. The average molecular weight is 1310 g/mol. The Morgan fingerprint density at radius 3 is 0.541 bits per heavy atom. The van der Waals surface area contributed by atoms with E-state index < -0.39 is 43.3 Å². The fourth-order valence-corrected chi connectivity index (χ4v) is 13.9. The van der Waals surface area contributed by atoms with Gasteiger partial charge in [-0.25, -0.2) is 0 Å². The Balaban J connectivity index is 1.31. The van der Waals surface area contributed by atoms with Crippen molar-refractivity contribution in [2.75, 3.05) is 0 Å². The van der Waals surface area contributed by atoms with Crippen LogP contribution in [0.1, 0.15) is 207 Å². The molecule has 0 aliphatic rings. The van der Waals surface area contributed by atoms with Gasteiger partial charge in [-0.15, -0.1) is 0 Å². The smallest absolute Gasteiger partial charge is 0.131 e. The maximum absolute atomic E-state index is 13.1. The fourth-order valence-electron chi connectivity index (χ4n) is 13.9. The first-order valence-corrected chi connectivity index (χ1v) is 34.0. The molecule has 98 heavy (non-hydrogen) atoms. The third kappa shape index (κ3) is 13.5. The Hall–Kier alpha value is -9.60. The van der Waals surface area contributed by atoms with Gasteiger partial charge < -0.3 is 46.0 Å². The van der Waals surface area contributed by atoms with Crippen molar-refractivity contribution >= 4 is 0 Å². The second-order valence-electron chi connectivity index (χ2n) is 34.0. The molecule has 0 heterocycles. The molecule has 0 fully saturated rings. The SMILES string of the molecule is CC(C)(C)c1cc(-c2cc(C(C)(C)c3ccc(C(C)(c4cc(-c5ccc(O)c(C(C)(C)C)c5)c(O)c(-c5ccc(O)c(C(C)(C)C)c5)c4)c4cc(-c5ccc(O)c(C(C)(C)C)c5)c(O)c(-c5ccc(O)c(C(C)(C)C)c5)c4)cc3)cc(-c3ccc(O)c(C(C)(C)C)c3)c2O)ccc1O. The maximum atomic E-state index is 13.1. The van der Waals surface area contributed by atoms with E-state index in [0.717, 1.165) is 50.1 Å². The summed E-state index contributed by atoms with van der Waals surface area (Å²) in [5, 5.41) is 107. The molecule has 0 unspecified atom stereocenters. The summed E-state index contributed by atoms with van der Waals surface area (Å²) in [6, 6.07) is 53.3. The van der Waals surface area contributed by atoms with Crippen molar-refractivity contribution < 1.29 is 46.0 Å². The van der Waals surface area contributed by atoms with Gasteiger partial charge in [-0.3, -0.25) is 0 Å². The molecular weight excluding hydrogens is 1210 g/mol. The van der Waals surface area contributed by atoms with Crippen LogP contribution >= 0.6 is 0 Å². The van der Waals surface area contributed by atoms with Crippen LogP contribution in [-0.2, 0) is 43.3 Å². The molecule has 0 aliphatic heterocycles. The van der Waals surface area contributed by atoms with Gasteiger partial charge in [-0.05, 0) is 243 Å². The summed E-state index contributed by atoms with van der Waals surface area (Å²) in [5.41, 5.74) is 10.7. The maximum Gasteiger partial charge on any atom is 0.131 e. The number of phenolic OH excluding ortho intramolecular Hbond substituents is 9. The van der Waals surface area contributed by atoms with Gasteiger partial charge in [-0.2, -0.15) is 0 Å². The van der Waals surface area contributed by atoms with Gasteiger partial charge in [0.05, 0.1) is 0 Å². The Bertz CT molecular complexity index is 4310. The zero-order chi connectivity index (χ0) is 72.3. The average Bonchev–Trinajstić information content (AvgIpc) is 0.729. The molecule has 0 aliphatic carbocycles. The Morgan fingerprint density at radius 2 is 0.357 bits per heavy atom. The van der Waals surface area contributed by atoms with E-state index in [1.807, 2.05) is 234 Å². The van der Waals surface area contributed by atoms with E-state index in [1.54, 1.807) is 36.4 Å². The molecule has 0 radical (unpaired) electrons. The van der Waals surface area contributed by atoms with Crippen LogP contribution < -0.4 is 0 Å². The Morgan fingerprint density at radius 1 is 0.184 bits per heavy atom. The summed E-state index contributed by atoms with van der Waals surface area (Å²) >= 11 is 0. The predicted octanol–water partition coefficient (Wildman–Crippen LogP) is 22.5. The lowest BCUT2D eigenvalue weighted by Gasteiger charge is -2.35. The minimum absolute atomic E-state index is 0.00881. The topological polar surface area (TPSA) is 182 Å². The molecule has 9 heteroatoms. The minimum Gasteiger partial charge on any atom is -0.508 e. The second kappa shape index (κ2) is 24.7. The van der Waals surface area contributed by atoms with Crippen LogP contribution in [0.4, 0.5) is 0 Å². The lowest BCUT2D eigenvalue weighted by atomic mass is 9.68. The first kappa shape index (κ1) is 71.2. The van der Waals surface area contributed by atoms with Crippen molar-refractivity contribution in [3.05, 3.63) is 231 Å². The van der Waals surface area contributed by atoms with Crippen molar-refractivity contribution in [1.82, 2.24) is 0 Å². The molecule has 0 amide bonds. The molecular formula is C89H100O9. The summed E-state index contributed by atoms with van der Waals surface area (Å²) in [6.07, 6.45) is 0. The molecule has 9 nitrogen and oxygen atoms in total. The van der Waals surface area contributed by atoms with Crippen LogP contribution in [0.3, 0.4) is 0 Å². The van der Waals surface area contributed by atoms with Gasteiger partial charge in [0.15, 0.2) is 0 Å². The van der Waals surface area contributed by atoms with E-state index in [1.165, 1.54) is 0 Å². The zero-order valence-electron chi connectivity index (χ0n) is 61.2. The normalized spacial score (nSPS) is 12.9. The Kier molecular flexibility index (Phi) is 18.0. The third-order valence-corrected chi connectivity index (χ3v) is 20.1. The summed E-state index contributed by atoms with van der Waals surface area (Å²) in [6.45, 7) is 43.2. The highest BCUT2D eigenvalue weighted by molar-refractivity contribution is 5.89. The van der Waals surface area contributed by atoms with Gasteiger partial charge in [0.2, 0.25) is 0 Å². The molecule has 0 spiro atoms. The van der Waals surface area contributed by atoms with Crippen molar-refractivity contribution in [2.45, 2.75) is 189 Å². The van der Waals surface area contributed by atoms with Gasteiger partial charge in [0, 0.05) is 44.2 Å². The molecule has 0 bridgehead atoms. The second-order valence-corrected chi connectivity index (χ2v) is 34.0. The molecule has 9 N–H and O–H groups in total. The van der Waals surface area contributed by atoms with Crippen LogP contribution in [-0.4, -0.2) is 46.0 Å². The molecule has 0 saturated heterocycles. The van der Waals surface area contributed by atoms with E-state index in [0.29, 0.717) is 77.9 Å². The fraction of sp³-hybridized carbons (Fsp3) is 0.326. The summed E-state index contributed by atoms with van der Waals surface area (Å²) in [4.78, 5) is 0. The van der Waals surface area contributed by atoms with Crippen LogP contribution in [0.25, 0.3) is 66.8 Å². The number of aromatic hydroxyl groups is 9. The van der Waals surface area contributed by atoms with E-state index >= 15 is 0 Å². The van der Waals surface area contributed by atoms with E-state index in [2.05, 4.69) is 45.0 Å². The number of rotatable bonds is 11. The highest BCUT2D eigenvalue weighted by atomic mass is 16.3. The molecule has 10 rings (SSSR count). The van der Waals surface area contributed by atoms with Crippen molar-refractivity contribution in [3.63, 3.8) is 0 Å². The summed E-state index contributed by atoms with van der Waals surface area (Å²) in [5.74, 6) is 0.857. The van der Waals surface area contributed by atoms with Gasteiger partial charge in [0.1, 0.15) is 51.7 Å². The molecule has 0 aromatic heterocycles. The van der Waals surface area contributed by atoms with Crippen LogP contribution in [0.5, 0.6) is 51.7 Å². The van der Waals surface area contributed by atoms with Crippen molar-refractivity contribution in [2.24, 2.45) is 0 Å². The number of benzene rings is 10. The lowest BCUT2D eigenvalue weighted by Crippen LogP contribution is -2.27.